The maximum Gasteiger partial charge on any atom is 0.166 e. The summed E-state index contributed by atoms with van der Waals surface area (Å²) in [7, 11) is 0. The molecule has 0 fully saturated rings. The van der Waals surface area contributed by atoms with Crippen molar-refractivity contribution in [2.75, 3.05) is 5.32 Å². The molecule has 2 aromatic rings. The van der Waals surface area contributed by atoms with Crippen LogP contribution in [0.4, 0.5) is 11.4 Å². The average molecular weight is 315 g/mol. The maximum absolute atomic E-state index is 5.95. The molecular weight excluding hydrogens is 298 g/mol. The number of aryl methyl sites for hydroxylation is 2. The Morgan fingerprint density at radius 1 is 1.05 bits per heavy atom. The Hall–Kier alpha value is -1.85. The van der Waals surface area contributed by atoms with Gasteiger partial charge in [-0.2, -0.15) is 0 Å². The fraction of sp³-hybridized carbons (Fsp3) is 0.125. The van der Waals surface area contributed by atoms with E-state index < -0.39 is 0 Å². The van der Waals surface area contributed by atoms with Gasteiger partial charge in [0.15, 0.2) is 5.17 Å². The van der Waals surface area contributed by atoms with Crippen molar-refractivity contribution in [2.24, 2.45) is 10.7 Å². The quantitative estimate of drug-likeness (QED) is 0.490. The highest BCUT2D eigenvalue weighted by Crippen LogP contribution is 2.20. The molecule has 0 bridgehead atoms. The number of rotatable bonds is 2. The number of thiocarbonyl (C=S) groups is 1. The van der Waals surface area contributed by atoms with Gasteiger partial charge in [-0.15, -0.1) is 0 Å². The van der Waals surface area contributed by atoms with Crippen LogP contribution in [0.1, 0.15) is 11.1 Å². The molecule has 0 aliphatic carbocycles. The lowest BCUT2D eigenvalue weighted by atomic mass is 10.2. The summed E-state index contributed by atoms with van der Waals surface area (Å²) in [6, 6.07) is 15.8. The Labute approximate surface area is 134 Å². The highest BCUT2D eigenvalue weighted by molar-refractivity contribution is 8.33. The first-order valence-corrected chi connectivity index (χ1v) is 7.73. The van der Waals surface area contributed by atoms with Gasteiger partial charge < -0.3 is 11.1 Å². The molecule has 0 heterocycles. The number of aliphatic imine (C=N–C) groups is 1. The Balaban J connectivity index is 2.03. The van der Waals surface area contributed by atoms with Crippen molar-refractivity contribution in [3.05, 3.63) is 59.7 Å². The van der Waals surface area contributed by atoms with E-state index in [2.05, 4.69) is 10.3 Å². The number of thioether (sulfide) groups is 1. The zero-order chi connectivity index (χ0) is 15.2. The second-order valence-electron chi connectivity index (χ2n) is 4.57. The summed E-state index contributed by atoms with van der Waals surface area (Å²) in [6.07, 6.45) is 0. The number of nitrogens with two attached hydrogens (primary N) is 1. The largest absolute Gasteiger partial charge is 0.378 e. The van der Waals surface area contributed by atoms with Gasteiger partial charge in [0.1, 0.15) is 4.32 Å². The van der Waals surface area contributed by atoms with Crippen molar-refractivity contribution in [2.45, 2.75) is 13.8 Å². The summed E-state index contributed by atoms with van der Waals surface area (Å²) in [5.74, 6) is 0. The number of nitrogens with zero attached hydrogens (tertiary/aromatic N) is 1. The summed E-state index contributed by atoms with van der Waals surface area (Å²) >= 11 is 6.57. The molecule has 0 unspecified atom stereocenters. The summed E-state index contributed by atoms with van der Waals surface area (Å²) in [6.45, 7) is 4.03. The fourth-order valence-corrected chi connectivity index (χ4v) is 2.64. The summed E-state index contributed by atoms with van der Waals surface area (Å²) in [5, 5.41) is 3.60. The molecule has 2 rings (SSSR count). The molecule has 0 amide bonds. The van der Waals surface area contributed by atoms with Crippen molar-refractivity contribution in [3.8, 4) is 0 Å². The smallest absolute Gasteiger partial charge is 0.166 e. The van der Waals surface area contributed by atoms with Crippen LogP contribution in [-0.2, 0) is 0 Å². The third-order valence-corrected chi connectivity index (χ3v) is 3.87. The van der Waals surface area contributed by atoms with Gasteiger partial charge in [-0.05, 0) is 48.9 Å². The van der Waals surface area contributed by atoms with Gasteiger partial charge in [0.25, 0.3) is 0 Å². The first-order valence-electron chi connectivity index (χ1n) is 6.50. The van der Waals surface area contributed by atoms with Crippen LogP contribution in [0.15, 0.2) is 53.5 Å². The van der Waals surface area contributed by atoms with Crippen LogP contribution in [-0.4, -0.2) is 9.49 Å². The lowest BCUT2D eigenvalue weighted by Crippen LogP contribution is -2.14. The van der Waals surface area contributed by atoms with Crippen molar-refractivity contribution in [1.29, 1.82) is 0 Å². The number of hydrogen-bond acceptors (Lipinski definition) is 3. The van der Waals surface area contributed by atoms with Gasteiger partial charge in [0, 0.05) is 5.69 Å². The maximum atomic E-state index is 5.95. The fourth-order valence-electron chi connectivity index (χ4n) is 1.77. The predicted octanol–water partition coefficient (Wildman–Crippen LogP) is 4.38. The van der Waals surface area contributed by atoms with E-state index in [1.165, 1.54) is 11.8 Å². The van der Waals surface area contributed by atoms with Crippen LogP contribution < -0.4 is 11.1 Å². The van der Waals surface area contributed by atoms with E-state index in [1.54, 1.807) is 0 Å². The van der Waals surface area contributed by atoms with Gasteiger partial charge in [-0.1, -0.05) is 48.6 Å². The number of anilines is 1. The minimum atomic E-state index is 0.426. The molecule has 0 radical (unpaired) electrons. The molecule has 0 aliphatic heterocycles. The molecule has 3 nitrogen and oxygen atoms in total. The third-order valence-electron chi connectivity index (χ3n) is 2.93. The Kier molecular flexibility index (Phi) is 5.36. The van der Waals surface area contributed by atoms with E-state index >= 15 is 0 Å². The molecule has 0 aromatic heterocycles. The Morgan fingerprint density at radius 3 is 2.33 bits per heavy atom. The SMILES string of the molecule is Cc1ccccc1N=C(N)SC(=S)Nc1ccccc1C. The zero-order valence-electron chi connectivity index (χ0n) is 12.0. The van der Waals surface area contributed by atoms with Gasteiger partial charge in [0.05, 0.1) is 5.69 Å². The van der Waals surface area contributed by atoms with E-state index in [1.807, 2.05) is 62.4 Å². The van der Waals surface area contributed by atoms with Crippen molar-refractivity contribution >= 4 is 44.8 Å². The van der Waals surface area contributed by atoms with Crippen molar-refractivity contribution < 1.29 is 0 Å². The Bertz CT molecular complexity index is 681. The summed E-state index contributed by atoms with van der Waals surface area (Å²) in [4.78, 5) is 4.39. The van der Waals surface area contributed by atoms with Crippen molar-refractivity contribution in [3.63, 3.8) is 0 Å². The zero-order valence-corrected chi connectivity index (χ0v) is 13.6. The highest BCUT2D eigenvalue weighted by Gasteiger charge is 2.05. The minimum Gasteiger partial charge on any atom is -0.378 e. The molecule has 2 aromatic carbocycles. The van der Waals surface area contributed by atoms with Gasteiger partial charge in [0.2, 0.25) is 0 Å². The molecule has 0 atom stereocenters. The van der Waals surface area contributed by atoms with Crippen LogP contribution in [0.25, 0.3) is 0 Å². The molecule has 0 saturated carbocycles. The van der Waals surface area contributed by atoms with Crippen molar-refractivity contribution in [1.82, 2.24) is 0 Å². The normalized spacial score (nSPS) is 11.2. The van der Waals surface area contributed by atoms with Crippen LogP contribution in [0.2, 0.25) is 0 Å². The minimum absolute atomic E-state index is 0.426. The molecular formula is C16H17N3S2. The number of para-hydroxylation sites is 2. The average Bonchev–Trinajstić information content (AvgIpc) is 2.44. The van der Waals surface area contributed by atoms with Gasteiger partial charge in [-0.25, -0.2) is 4.99 Å². The number of amidine groups is 1. The summed E-state index contributed by atoms with van der Waals surface area (Å²) < 4.78 is 0.583. The standard InChI is InChI=1S/C16H17N3S2/c1-11-7-3-5-9-13(11)18-15(17)21-16(20)19-14-10-6-4-8-12(14)2/h3-10H,1-2H3,(H2,17,18)(H,19,20). The molecule has 5 heteroatoms. The molecule has 0 aliphatic rings. The predicted molar refractivity (Wildman–Crippen MR) is 97.5 cm³/mol. The van der Waals surface area contributed by atoms with E-state index in [-0.39, 0.29) is 0 Å². The Morgan fingerprint density at radius 2 is 1.67 bits per heavy atom. The van der Waals surface area contributed by atoms with E-state index in [4.69, 9.17) is 18.0 Å². The molecule has 21 heavy (non-hydrogen) atoms. The number of benzene rings is 2. The van der Waals surface area contributed by atoms with E-state index in [0.717, 1.165) is 22.5 Å². The van der Waals surface area contributed by atoms with Crippen LogP contribution in [0.5, 0.6) is 0 Å². The lowest BCUT2D eigenvalue weighted by Gasteiger charge is -2.09. The van der Waals surface area contributed by atoms with Crippen LogP contribution in [0.3, 0.4) is 0 Å². The molecule has 0 saturated heterocycles. The summed E-state index contributed by atoms with van der Waals surface area (Å²) in [5.41, 5.74) is 10.0. The van der Waals surface area contributed by atoms with Gasteiger partial charge in [-0.3, -0.25) is 0 Å². The van der Waals surface area contributed by atoms with Crippen LogP contribution >= 0.6 is 24.0 Å². The second kappa shape index (κ2) is 7.24. The highest BCUT2D eigenvalue weighted by atomic mass is 32.2. The monoisotopic (exact) mass is 315 g/mol. The first-order chi connectivity index (χ1) is 10.1. The molecule has 3 N–H and O–H groups in total. The third kappa shape index (κ3) is 4.58. The van der Waals surface area contributed by atoms with Gasteiger partial charge >= 0.3 is 0 Å². The topological polar surface area (TPSA) is 50.4 Å². The number of hydrogen-bond donors (Lipinski definition) is 2. The van der Waals surface area contributed by atoms with E-state index in [9.17, 15) is 0 Å². The molecule has 0 spiro atoms. The van der Waals surface area contributed by atoms with Crippen LogP contribution in [0, 0.1) is 13.8 Å². The second-order valence-corrected chi connectivity index (χ2v) is 6.26. The van der Waals surface area contributed by atoms with E-state index in [0.29, 0.717) is 9.49 Å². The lowest BCUT2D eigenvalue weighted by molar-refractivity contribution is 1.40. The number of nitrogens with one attached hydrogen (secondary N) is 1. The first kappa shape index (κ1) is 15.5. The molecule has 108 valence electrons.